The van der Waals surface area contributed by atoms with E-state index < -0.39 is 10.0 Å². The number of hydrogen-bond donors (Lipinski definition) is 3. The first-order chi connectivity index (χ1) is 12.9. The quantitative estimate of drug-likeness (QED) is 0.566. The molecule has 8 heteroatoms. The third kappa shape index (κ3) is 6.92. The minimum atomic E-state index is -3.68. The van der Waals surface area contributed by atoms with Crippen molar-refractivity contribution < 1.29 is 17.9 Å². The van der Waals surface area contributed by atoms with Gasteiger partial charge in [-0.25, -0.2) is 18.4 Å². The summed E-state index contributed by atoms with van der Waals surface area (Å²) in [5, 5.41) is 10.5. The lowest BCUT2D eigenvalue weighted by Crippen LogP contribution is -2.38. The minimum Gasteiger partial charge on any atom is -0.491 e. The summed E-state index contributed by atoms with van der Waals surface area (Å²) in [6.45, 7) is 3.28. The van der Waals surface area contributed by atoms with Gasteiger partial charge in [0.1, 0.15) is 12.4 Å². The van der Waals surface area contributed by atoms with Gasteiger partial charge in [0, 0.05) is 6.54 Å². The molecule has 0 aliphatic rings. The lowest BCUT2D eigenvalue weighted by Gasteiger charge is -2.11. The number of carbonyl (C=O) groups excluding carboxylic acids is 1. The highest BCUT2D eigenvalue weighted by atomic mass is 32.2. The lowest BCUT2D eigenvalue weighted by molar-refractivity contribution is 0.236. The maximum atomic E-state index is 11.8. The van der Waals surface area contributed by atoms with E-state index in [2.05, 4.69) is 17.6 Å². The summed E-state index contributed by atoms with van der Waals surface area (Å²) < 4.78 is 28.1. The van der Waals surface area contributed by atoms with E-state index in [4.69, 9.17) is 9.88 Å². The molecule has 0 unspecified atom stereocenters. The summed E-state index contributed by atoms with van der Waals surface area (Å²) in [6, 6.07) is 13.8. The van der Waals surface area contributed by atoms with Crippen molar-refractivity contribution in [2.75, 3.05) is 19.7 Å². The van der Waals surface area contributed by atoms with Crippen molar-refractivity contribution in [2.45, 2.75) is 24.7 Å². The SMILES string of the molecule is CCc1ccccc1OCCNC(=O)NCCc1ccc(S(N)(=O)=O)cc1. The van der Waals surface area contributed by atoms with Gasteiger partial charge in [-0.05, 0) is 42.2 Å². The van der Waals surface area contributed by atoms with Gasteiger partial charge < -0.3 is 15.4 Å². The van der Waals surface area contributed by atoms with Crippen LogP contribution in [0, 0.1) is 0 Å². The number of amides is 2. The van der Waals surface area contributed by atoms with Crippen molar-refractivity contribution in [1.29, 1.82) is 0 Å². The number of primary sulfonamides is 1. The van der Waals surface area contributed by atoms with E-state index in [9.17, 15) is 13.2 Å². The monoisotopic (exact) mass is 391 g/mol. The van der Waals surface area contributed by atoms with Crippen LogP contribution in [0.25, 0.3) is 0 Å². The molecule has 0 bridgehead atoms. The molecule has 27 heavy (non-hydrogen) atoms. The molecule has 2 aromatic carbocycles. The Morgan fingerprint density at radius 2 is 1.70 bits per heavy atom. The van der Waals surface area contributed by atoms with Crippen molar-refractivity contribution in [2.24, 2.45) is 5.14 Å². The van der Waals surface area contributed by atoms with Gasteiger partial charge in [-0.1, -0.05) is 37.3 Å². The summed E-state index contributed by atoms with van der Waals surface area (Å²) in [5.41, 5.74) is 2.04. The van der Waals surface area contributed by atoms with Crippen LogP contribution in [0.2, 0.25) is 0 Å². The molecule has 2 rings (SSSR count). The summed E-state index contributed by atoms with van der Waals surface area (Å²) >= 11 is 0. The van der Waals surface area contributed by atoms with Crippen LogP contribution in [0.3, 0.4) is 0 Å². The third-order valence-corrected chi connectivity index (χ3v) is 4.88. The normalized spacial score (nSPS) is 11.0. The number of benzene rings is 2. The summed E-state index contributed by atoms with van der Waals surface area (Å²) in [4.78, 5) is 11.9. The molecule has 0 aliphatic heterocycles. The Balaban J connectivity index is 1.65. The van der Waals surface area contributed by atoms with E-state index in [-0.39, 0.29) is 10.9 Å². The predicted octanol–water partition coefficient (Wildman–Crippen LogP) is 1.82. The predicted molar refractivity (Wildman–Crippen MR) is 104 cm³/mol. The Hall–Kier alpha value is -2.58. The van der Waals surface area contributed by atoms with Gasteiger partial charge in [0.25, 0.3) is 0 Å². The summed E-state index contributed by atoms with van der Waals surface area (Å²) in [7, 11) is -3.68. The molecule has 7 nitrogen and oxygen atoms in total. The van der Waals surface area contributed by atoms with Crippen LogP contribution in [-0.4, -0.2) is 34.1 Å². The molecule has 4 N–H and O–H groups in total. The molecule has 0 heterocycles. The van der Waals surface area contributed by atoms with Gasteiger partial charge in [-0.3, -0.25) is 0 Å². The molecule has 0 atom stereocenters. The summed E-state index contributed by atoms with van der Waals surface area (Å²) in [6.07, 6.45) is 1.47. The molecule has 0 saturated heterocycles. The fourth-order valence-corrected chi connectivity index (χ4v) is 3.01. The van der Waals surface area contributed by atoms with Crippen molar-refractivity contribution in [3.05, 3.63) is 59.7 Å². The second-order valence-electron chi connectivity index (χ2n) is 5.93. The van der Waals surface area contributed by atoms with Crippen LogP contribution < -0.4 is 20.5 Å². The highest BCUT2D eigenvalue weighted by Crippen LogP contribution is 2.17. The molecule has 2 amide bonds. The Morgan fingerprint density at radius 1 is 1.04 bits per heavy atom. The van der Waals surface area contributed by atoms with E-state index in [1.807, 2.05) is 24.3 Å². The average molecular weight is 391 g/mol. The lowest BCUT2D eigenvalue weighted by atomic mass is 10.1. The van der Waals surface area contributed by atoms with Gasteiger partial charge >= 0.3 is 6.03 Å². The Labute approximate surface area is 160 Å². The number of aryl methyl sites for hydroxylation is 1. The van der Waals surface area contributed by atoms with Crippen LogP contribution in [0.1, 0.15) is 18.1 Å². The number of nitrogens with one attached hydrogen (secondary N) is 2. The molecule has 0 radical (unpaired) electrons. The molecule has 0 aromatic heterocycles. The van der Waals surface area contributed by atoms with Crippen molar-refractivity contribution in [3.8, 4) is 5.75 Å². The van der Waals surface area contributed by atoms with Crippen LogP contribution >= 0.6 is 0 Å². The second kappa shape index (κ2) is 9.94. The molecule has 0 saturated carbocycles. The van der Waals surface area contributed by atoms with Crippen LogP contribution in [0.15, 0.2) is 53.4 Å². The first kappa shape index (κ1) is 20.7. The first-order valence-electron chi connectivity index (χ1n) is 8.74. The van der Waals surface area contributed by atoms with E-state index in [1.54, 1.807) is 12.1 Å². The van der Waals surface area contributed by atoms with Crippen LogP contribution in [0.5, 0.6) is 5.75 Å². The fourth-order valence-electron chi connectivity index (χ4n) is 2.49. The van der Waals surface area contributed by atoms with E-state index >= 15 is 0 Å². The zero-order valence-electron chi connectivity index (χ0n) is 15.3. The van der Waals surface area contributed by atoms with Gasteiger partial charge in [-0.2, -0.15) is 0 Å². The van der Waals surface area contributed by atoms with Gasteiger partial charge in [0.2, 0.25) is 10.0 Å². The van der Waals surface area contributed by atoms with Crippen molar-refractivity contribution in [1.82, 2.24) is 10.6 Å². The number of nitrogens with two attached hydrogens (primary N) is 1. The number of urea groups is 1. The molecule has 146 valence electrons. The maximum absolute atomic E-state index is 11.8. The molecular formula is C19H25N3O4S. The Kier molecular flexibility index (Phi) is 7.63. The van der Waals surface area contributed by atoms with Gasteiger partial charge in [0.05, 0.1) is 11.4 Å². The molecule has 0 spiro atoms. The minimum absolute atomic E-state index is 0.0709. The Bertz CT molecular complexity index is 852. The topological polar surface area (TPSA) is 111 Å². The zero-order chi connectivity index (χ0) is 19.7. The zero-order valence-corrected chi connectivity index (χ0v) is 16.1. The number of para-hydroxylation sites is 1. The Morgan fingerprint density at radius 3 is 2.37 bits per heavy atom. The molecule has 2 aromatic rings. The van der Waals surface area contributed by atoms with Crippen molar-refractivity contribution in [3.63, 3.8) is 0 Å². The van der Waals surface area contributed by atoms with E-state index in [0.717, 1.165) is 23.3 Å². The first-order valence-corrected chi connectivity index (χ1v) is 10.3. The van der Waals surface area contributed by atoms with Crippen LogP contribution in [0.4, 0.5) is 4.79 Å². The second-order valence-corrected chi connectivity index (χ2v) is 7.49. The third-order valence-electron chi connectivity index (χ3n) is 3.95. The number of ether oxygens (including phenoxy) is 1. The number of hydrogen-bond acceptors (Lipinski definition) is 4. The average Bonchev–Trinajstić information content (AvgIpc) is 2.65. The molecule has 0 fully saturated rings. The highest BCUT2D eigenvalue weighted by molar-refractivity contribution is 7.89. The fraction of sp³-hybridized carbons (Fsp3) is 0.316. The molecule has 0 aliphatic carbocycles. The highest BCUT2D eigenvalue weighted by Gasteiger charge is 2.07. The number of sulfonamides is 1. The van der Waals surface area contributed by atoms with Gasteiger partial charge in [-0.15, -0.1) is 0 Å². The molecular weight excluding hydrogens is 366 g/mol. The van der Waals surface area contributed by atoms with Crippen LogP contribution in [-0.2, 0) is 22.9 Å². The smallest absolute Gasteiger partial charge is 0.314 e. The van der Waals surface area contributed by atoms with E-state index in [1.165, 1.54) is 12.1 Å². The summed E-state index contributed by atoms with van der Waals surface area (Å²) in [5.74, 6) is 0.838. The standard InChI is InChI=1S/C19H25N3O4S/c1-2-16-5-3-4-6-18(16)26-14-13-22-19(23)21-12-11-15-7-9-17(10-8-15)27(20,24)25/h3-10H,2,11-14H2,1H3,(H2,20,24,25)(H2,21,22,23). The maximum Gasteiger partial charge on any atom is 0.314 e. The van der Waals surface area contributed by atoms with Gasteiger partial charge in [0.15, 0.2) is 0 Å². The number of carbonyl (C=O) groups is 1. The largest absolute Gasteiger partial charge is 0.491 e. The van der Waals surface area contributed by atoms with E-state index in [0.29, 0.717) is 26.1 Å². The number of rotatable bonds is 9. The van der Waals surface area contributed by atoms with Crippen molar-refractivity contribution >= 4 is 16.1 Å².